The van der Waals surface area contributed by atoms with Gasteiger partial charge in [-0.25, -0.2) is 4.39 Å². The summed E-state index contributed by atoms with van der Waals surface area (Å²) in [6, 6.07) is 1.50. The maximum atomic E-state index is 12.3. The van der Waals surface area contributed by atoms with E-state index in [-0.39, 0.29) is 5.46 Å². The monoisotopic (exact) mass is 121 g/mol. The molecule has 0 saturated heterocycles. The molecule has 0 unspecified atom stereocenters. The van der Waals surface area contributed by atoms with Crippen molar-refractivity contribution in [3.63, 3.8) is 0 Å². The van der Waals surface area contributed by atoms with Gasteiger partial charge in [-0.3, -0.25) is 4.98 Å². The van der Waals surface area contributed by atoms with E-state index in [0.717, 1.165) is 11.9 Å². The van der Waals surface area contributed by atoms with Crippen LogP contribution in [0.1, 0.15) is 5.69 Å². The van der Waals surface area contributed by atoms with E-state index in [0.29, 0.717) is 0 Å². The normalized spacial score (nSPS) is 9.56. The van der Waals surface area contributed by atoms with E-state index in [1.807, 2.05) is 0 Å². The predicted octanol–water partition coefficient (Wildman–Crippen LogP) is 0.323. The number of nitrogens with zero attached hydrogens (tertiary/aromatic N) is 1. The first-order chi connectivity index (χ1) is 4.20. The lowest BCUT2D eigenvalue weighted by molar-refractivity contribution is 0.629. The highest BCUT2D eigenvalue weighted by atomic mass is 19.1. The second-order valence-electron chi connectivity index (χ2n) is 1.85. The quantitative estimate of drug-likeness (QED) is 0.450. The number of aromatic nitrogens is 1. The third kappa shape index (κ3) is 1.28. The van der Waals surface area contributed by atoms with Crippen molar-refractivity contribution in [2.75, 3.05) is 0 Å². The van der Waals surface area contributed by atoms with Crippen molar-refractivity contribution in [2.24, 2.45) is 0 Å². The van der Waals surface area contributed by atoms with Crippen LogP contribution in [0.5, 0.6) is 0 Å². The molecule has 1 aromatic rings. The number of hydrogen-bond donors (Lipinski definition) is 0. The number of aryl methyl sites for hydroxylation is 1. The Morgan fingerprint density at radius 2 is 2.33 bits per heavy atom. The van der Waals surface area contributed by atoms with Crippen molar-refractivity contribution in [1.82, 2.24) is 4.98 Å². The number of halogens is 1. The van der Waals surface area contributed by atoms with E-state index in [1.54, 1.807) is 6.92 Å². The van der Waals surface area contributed by atoms with Gasteiger partial charge in [0.1, 0.15) is 13.7 Å². The van der Waals surface area contributed by atoms with Gasteiger partial charge in [0.25, 0.3) is 0 Å². The molecule has 0 aliphatic rings. The standard InChI is InChI=1S/C6H5BFN/c1-4-2-5(7)6(8)3-9-4/h2-3H,1H3. The lowest BCUT2D eigenvalue weighted by Gasteiger charge is -1.94. The highest BCUT2D eigenvalue weighted by Gasteiger charge is 1.93. The van der Waals surface area contributed by atoms with Gasteiger partial charge in [0, 0.05) is 5.69 Å². The smallest absolute Gasteiger partial charge is 0.134 e. The van der Waals surface area contributed by atoms with Crippen LogP contribution in [0.4, 0.5) is 4.39 Å². The fourth-order valence-corrected chi connectivity index (χ4v) is 0.564. The third-order valence-electron chi connectivity index (χ3n) is 1.02. The molecule has 0 aliphatic heterocycles. The number of rotatable bonds is 0. The van der Waals surface area contributed by atoms with Crippen molar-refractivity contribution in [3.05, 3.63) is 23.8 Å². The molecule has 0 fully saturated rings. The third-order valence-corrected chi connectivity index (χ3v) is 1.02. The fraction of sp³-hybridized carbons (Fsp3) is 0.167. The van der Waals surface area contributed by atoms with Crippen LogP contribution < -0.4 is 5.46 Å². The molecule has 9 heavy (non-hydrogen) atoms. The molecular weight excluding hydrogens is 116 g/mol. The van der Waals surface area contributed by atoms with Gasteiger partial charge in [-0.15, -0.1) is 0 Å². The lowest BCUT2D eigenvalue weighted by Crippen LogP contribution is -2.09. The van der Waals surface area contributed by atoms with Crippen LogP contribution in [0.15, 0.2) is 12.3 Å². The predicted molar refractivity (Wildman–Crippen MR) is 34.3 cm³/mol. The van der Waals surface area contributed by atoms with Crippen LogP contribution in [0.2, 0.25) is 0 Å². The second kappa shape index (κ2) is 2.17. The molecule has 0 N–H and O–H groups in total. The molecule has 3 heteroatoms. The van der Waals surface area contributed by atoms with E-state index in [2.05, 4.69) is 4.98 Å². The first-order valence-corrected chi connectivity index (χ1v) is 2.58. The number of hydrogen-bond acceptors (Lipinski definition) is 1. The Morgan fingerprint density at radius 1 is 1.67 bits per heavy atom. The zero-order valence-corrected chi connectivity index (χ0v) is 5.06. The van der Waals surface area contributed by atoms with Crippen LogP contribution in [-0.2, 0) is 0 Å². The van der Waals surface area contributed by atoms with Crippen LogP contribution in [0.3, 0.4) is 0 Å². The summed E-state index contributed by atoms with van der Waals surface area (Å²) in [5, 5.41) is 0. The molecule has 0 spiro atoms. The topological polar surface area (TPSA) is 12.9 Å². The first-order valence-electron chi connectivity index (χ1n) is 2.58. The van der Waals surface area contributed by atoms with Crippen LogP contribution in [-0.4, -0.2) is 12.8 Å². The van der Waals surface area contributed by atoms with Crippen LogP contribution in [0.25, 0.3) is 0 Å². The zero-order valence-electron chi connectivity index (χ0n) is 5.06. The van der Waals surface area contributed by atoms with Crippen molar-refractivity contribution < 1.29 is 4.39 Å². The average Bonchev–Trinajstić information content (AvgIpc) is 1.80. The molecular formula is C6H5BFN. The summed E-state index contributed by atoms with van der Waals surface area (Å²) in [6.07, 6.45) is 1.12. The summed E-state index contributed by atoms with van der Waals surface area (Å²) in [4.78, 5) is 3.68. The molecule has 1 nitrogen and oxygen atoms in total. The van der Waals surface area contributed by atoms with E-state index < -0.39 is 5.82 Å². The molecule has 1 aromatic heterocycles. The first kappa shape index (κ1) is 6.27. The summed E-state index contributed by atoms with van der Waals surface area (Å²) in [5.41, 5.74) is 0.886. The molecule has 44 valence electrons. The molecule has 0 atom stereocenters. The Morgan fingerprint density at radius 3 is 2.78 bits per heavy atom. The summed E-state index contributed by atoms with van der Waals surface area (Å²) in [5.74, 6) is -0.458. The second-order valence-corrected chi connectivity index (χ2v) is 1.85. The number of pyridine rings is 1. The van der Waals surface area contributed by atoms with Gasteiger partial charge in [0.05, 0.1) is 6.20 Å². The Labute approximate surface area is 54.3 Å². The molecule has 0 amide bonds. The Bertz CT molecular complexity index is 224. The molecule has 0 saturated carbocycles. The van der Waals surface area contributed by atoms with Crippen molar-refractivity contribution in [2.45, 2.75) is 6.92 Å². The van der Waals surface area contributed by atoms with Gasteiger partial charge < -0.3 is 0 Å². The van der Waals surface area contributed by atoms with Crippen molar-refractivity contribution >= 4 is 13.3 Å². The average molecular weight is 121 g/mol. The minimum Gasteiger partial charge on any atom is -0.259 e. The Kier molecular flexibility index (Phi) is 1.51. The van der Waals surface area contributed by atoms with E-state index in [4.69, 9.17) is 7.85 Å². The maximum absolute atomic E-state index is 12.3. The minimum absolute atomic E-state index is 0.155. The largest absolute Gasteiger partial charge is 0.259 e. The van der Waals surface area contributed by atoms with Crippen LogP contribution in [0, 0.1) is 12.7 Å². The molecule has 0 aromatic carbocycles. The highest BCUT2D eigenvalue weighted by molar-refractivity contribution is 6.32. The molecule has 0 bridgehead atoms. The van der Waals surface area contributed by atoms with E-state index in [9.17, 15) is 4.39 Å². The zero-order chi connectivity index (χ0) is 6.85. The summed E-state index contributed by atoms with van der Waals surface area (Å²) in [6.45, 7) is 1.76. The van der Waals surface area contributed by atoms with Gasteiger partial charge >= 0.3 is 0 Å². The molecule has 0 aliphatic carbocycles. The fourth-order valence-electron chi connectivity index (χ4n) is 0.564. The van der Waals surface area contributed by atoms with Crippen molar-refractivity contribution in [1.29, 1.82) is 0 Å². The van der Waals surface area contributed by atoms with E-state index in [1.165, 1.54) is 6.07 Å². The van der Waals surface area contributed by atoms with Crippen LogP contribution >= 0.6 is 0 Å². The van der Waals surface area contributed by atoms with E-state index >= 15 is 0 Å². The molecule has 1 rings (SSSR count). The van der Waals surface area contributed by atoms with Gasteiger partial charge in [-0.05, 0) is 13.0 Å². The maximum Gasteiger partial charge on any atom is 0.134 e. The summed E-state index contributed by atoms with van der Waals surface area (Å²) in [7, 11) is 5.21. The minimum atomic E-state index is -0.458. The summed E-state index contributed by atoms with van der Waals surface area (Å²) >= 11 is 0. The lowest BCUT2D eigenvalue weighted by atomic mass is 9.96. The van der Waals surface area contributed by atoms with Gasteiger partial charge in [0.2, 0.25) is 0 Å². The summed E-state index contributed by atoms with van der Waals surface area (Å²) < 4.78 is 12.3. The Hall–Kier alpha value is -0.855. The van der Waals surface area contributed by atoms with Crippen molar-refractivity contribution in [3.8, 4) is 0 Å². The van der Waals surface area contributed by atoms with Gasteiger partial charge in [-0.2, -0.15) is 0 Å². The van der Waals surface area contributed by atoms with Gasteiger partial charge in [0.15, 0.2) is 0 Å². The SMILES string of the molecule is [B]c1cc(C)ncc1F. The highest BCUT2D eigenvalue weighted by Crippen LogP contribution is 1.90. The Balaban J connectivity index is 3.17. The molecule has 1 heterocycles. The molecule has 2 radical (unpaired) electrons. The van der Waals surface area contributed by atoms with Gasteiger partial charge in [-0.1, -0.05) is 5.46 Å².